The highest BCUT2D eigenvalue weighted by atomic mass is 32.2. The molecule has 4 amide bonds. The van der Waals surface area contributed by atoms with Crippen molar-refractivity contribution in [1.82, 2.24) is 29.5 Å². The quantitative estimate of drug-likeness (QED) is 0.184. The second kappa shape index (κ2) is 14.6. The molecule has 2 heterocycles. The van der Waals surface area contributed by atoms with Crippen LogP contribution in [0.5, 0.6) is 0 Å². The van der Waals surface area contributed by atoms with Crippen LogP contribution >= 0.6 is 0 Å². The van der Waals surface area contributed by atoms with Gasteiger partial charge in [-0.05, 0) is 40.4 Å². The summed E-state index contributed by atoms with van der Waals surface area (Å²) >= 11 is 0. The molecule has 3 N–H and O–H groups in total. The molecule has 2 saturated heterocycles. The van der Waals surface area contributed by atoms with Crippen LogP contribution in [-0.4, -0.2) is 109 Å². The molecule has 0 aromatic heterocycles. The Morgan fingerprint density at radius 2 is 1.62 bits per heavy atom. The van der Waals surface area contributed by atoms with Gasteiger partial charge in [-0.15, -0.1) is 6.58 Å². The van der Waals surface area contributed by atoms with E-state index >= 15 is 0 Å². The first-order valence-corrected chi connectivity index (χ1v) is 18.4. The number of fused-ring (bicyclic) bond motifs is 1. The van der Waals surface area contributed by atoms with E-state index in [4.69, 9.17) is 0 Å². The van der Waals surface area contributed by atoms with Crippen molar-refractivity contribution in [2.75, 3.05) is 39.8 Å². The van der Waals surface area contributed by atoms with Crippen LogP contribution in [0.3, 0.4) is 0 Å². The number of ketones is 1. The molecule has 3 aliphatic rings. The van der Waals surface area contributed by atoms with Crippen molar-refractivity contribution in [1.29, 1.82) is 0 Å². The lowest BCUT2D eigenvalue weighted by Gasteiger charge is -2.38. The molecular weight excluding hydrogens is 636 g/mol. The normalized spacial score (nSPS) is 25.4. The number of Topliss-reactive ketones (excluding diaryl/α,β-unsaturated/α-hetero) is 1. The lowest BCUT2D eigenvalue weighted by molar-refractivity contribution is -0.146. The van der Waals surface area contributed by atoms with Crippen molar-refractivity contribution >= 4 is 39.6 Å². The number of carbonyl (C=O) groups is 5. The Hall–Kier alpha value is -2.84. The van der Waals surface area contributed by atoms with Crippen molar-refractivity contribution in [3.05, 3.63) is 12.7 Å². The first kappa shape index (κ1) is 39.6. The Morgan fingerprint density at radius 3 is 2.12 bits per heavy atom. The van der Waals surface area contributed by atoms with Gasteiger partial charge in [0.15, 0.2) is 0 Å². The minimum Gasteiger partial charge on any atom is -0.346 e. The molecule has 1 aliphatic carbocycles. The maximum Gasteiger partial charge on any atom is 0.289 e. The summed E-state index contributed by atoms with van der Waals surface area (Å²) in [5.41, 5.74) is -1.33. The lowest BCUT2D eigenvalue weighted by Crippen LogP contribution is -2.60. The zero-order chi connectivity index (χ0) is 36.6. The van der Waals surface area contributed by atoms with Crippen LogP contribution in [-0.2, 0) is 34.2 Å². The third kappa shape index (κ3) is 8.47. The van der Waals surface area contributed by atoms with E-state index in [-0.39, 0.29) is 55.0 Å². The number of piperidine rings is 1. The van der Waals surface area contributed by atoms with Crippen molar-refractivity contribution in [2.45, 2.75) is 99.7 Å². The van der Waals surface area contributed by atoms with Gasteiger partial charge in [-0.2, -0.15) is 17.0 Å². The summed E-state index contributed by atoms with van der Waals surface area (Å²) in [7, 11) is -2.06. The Balaban J connectivity index is 1.82. The summed E-state index contributed by atoms with van der Waals surface area (Å²) in [6.07, 6.45) is 2.27. The van der Waals surface area contributed by atoms with Crippen molar-refractivity contribution in [2.24, 2.45) is 34.0 Å². The van der Waals surface area contributed by atoms with E-state index in [0.29, 0.717) is 26.1 Å². The number of rotatable bonds is 14. The molecule has 14 heteroatoms. The second-order valence-corrected chi connectivity index (χ2v) is 18.5. The van der Waals surface area contributed by atoms with E-state index in [9.17, 15) is 32.4 Å². The highest BCUT2D eigenvalue weighted by Crippen LogP contribution is 2.65. The van der Waals surface area contributed by atoms with Crippen LogP contribution in [0.1, 0.15) is 81.6 Å². The fourth-order valence-electron chi connectivity index (χ4n) is 7.05. The number of nitrogens with zero attached hydrogens (tertiary/aromatic N) is 3. The third-order valence-electron chi connectivity index (χ3n) is 10.5. The number of likely N-dealkylation sites (tertiary alicyclic amines) is 1. The van der Waals surface area contributed by atoms with E-state index in [2.05, 4.69) is 36.4 Å². The highest BCUT2D eigenvalue weighted by molar-refractivity contribution is 7.87. The van der Waals surface area contributed by atoms with Gasteiger partial charge in [0.2, 0.25) is 23.5 Å². The van der Waals surface area contributed by atoms with Crippen molar-refractivity contribution in [3.63, 3.8) is 0 Å². The van der Waals surface area contributed by atoms with Crippen LogP contribution in [0, 0.1) is 34.0 Å². The largest absolute Gasteiger partial charge is 0.346 e. The first-order valence-electron chi connectivity index (χ1n) is 17.0. The standard InChI is InChI=1S/C34H58N6O7S/c1-12-14-23(27(42)30(44)35-15-13-2)36-29(43)26-25-22(34(25,9)10)20-40(26)31(45)28(33(6,7)8)37-24(41)18-21(32(3,4)5)19-39-17-16-38(11)48(39,46)47/h13,21-23,25-26,28H,2,12,14-20H2,1,3-11H3,(H,35,44)(H,36,43)(H,37,41)/t21-,22+,23?,25+,26+,28-/m1/s1. The molecule has 3 rings (SSSR count). The van der Waals surface area contributed by atoms with Gasteiger partial charge >= 0.3 is 0 Å². The van der Waals surface area contributed by atoms with Crippen molar-refractivity contribution in [3.8, 4) is 0 Å². The Kier molecular flexibility index (Phi) is 12.0. The Labute approximate surface area is 287 Å². The molecule has 0 spiro atoms. The molecule has 48 heavy (non-hydrogen) atoms. The number of hydrogen-bond acceptors (Lipinski definition) is 7. The van der Waals surface area contributed by atoms with Crippen LogP contribution < -0.4 is 16.0 Å². The molecule has 1 unspecified atom stereocenters. The Morgan fingerprint density at radius 1 is 1.00 bits per heavy atom. The number of hydrogen-bond donors (Lipinski definition) is 3. The second-order valence-electron chi connectivity index (χ2n) is 16.4. The predicted molar refractivity (Wildman–Crippen MR) is 183 cm³/mol. The van der Waals surface area contributed by atoms with Gasteiger partial charge in [-0.1, -0.05) is 74.8 Å². The molecule has 272 valence electrons. The van der Waals surface area contributed by atoms with E-state index in [1.165, 1.54) is 26.6 Å². The summed E-state index contributed by atoms with van der Waals surface area (Å²) < 4.78 is 28.3. The fourth-order valence-corrected chi connectivity index (χ4v) is 8.44. The van der Waals surface area contributed by atoms with Crippen LogP contribution in [0.2, 0.25) is 0 Å². The highest BCUT2D eigenvalue weighted by Gasteiger charge is 2.70. The van der Waals surface area contributed by atoms with Crippen LogP contribution in [0.25, 0.3) is 0 Å². The van der Waals surface area contributed by atoms with Gasteiger partial charge in [0.25, 0.3) is 16.1 Å². The zero-order valence-electron chi connectivity index (χ0n) is 30.5. The van der Waals surface area contributed by atoms with E-state index in [0.717, 1.165) is 0 Å². The number of amides is 4. The maximum absolute atomic E-state index is 14.4. The molecular formula is C34H58N6O7S. The summed E-state index contributed by atoms with van der Waals surface area (Å²) in [5, 5.41) is 8.22. The molecule has 1 saturated carbocycles. The number of nitrogens with one attached hydrogen (secondary N) is 3. The lowest BCUT2D eigenvalue weighted by atomic mass is 9.78. The number of likely N-dealkylation sites (N-methyl/N-ethyl adjacent to an activating group) is 1. The molecule has 13 nitrogen and oxygen atoms in total. The van der Waals surface area contributed by atoms with Crippen LogP contribution in [0.4, 0.5) is 0 Å². The summed E-state index contributed by atoms with van der Waals surface area (Å²) in [6.45, 7) is 22.3. The SMILES string of the molecule is C=CCNC(=O)C(=O)C(CCC)NC(=O)[C@@H]1[C@@H]2[C@H](CN1C(=O)[C@@H](NC(=O)C[C@H](CN1CCN(C)S1(=O)=O)C(C)(C)C)C(C)(C)C)C2(C)C. The molecule has 0 aromatic rings. The van der Waals surface area contributed by atoms with Gasteiger partial charge in [-0.3, -0.25) is 24.0 Å². The fraction of sp³-hybridized carbons (Fsp3) is 0.794. The molecule has 3 fully saturated rings. The molecule has 0 radical (unpaired) electrons. The topological polar surface area (TPSA) is 165 Å². The summed E-state index contributed by atoms with van der Waals surface area (Å²) in [5.74, 6) is -3.23. The number of carbonyl (C=O) groups excluding carboxylic acids is 5. The van der Waals surface area contributed by atoms with Gasteiger partial charge in [0.05, 0.1) is 6.04 Å². The summed E-state index contributed by atoms with van der Waals surface area (Å²) in [4.78, 5) is 69.0. The summed E-state index contributed by atoms with van der Waals surface area (Å²) in [6, 6.07) is -2.89. The van der Waals surface area contributed by atoms with Gasteiger partial charge < -0.3 is 20.9 Å². The zero-order valence-corrected chi connectivity index (χ0v) is 31.3. The average Bonchev–Trinajstić information content (AvgIpc) is 3.24. The Bertz CT molecular complexity index is 1380. The van der Waals surface area contributed by atoms with E-state index < -0.39 is 62.7 Å². The van der Waals surface area contributed by atoms with E-state index in [1.54, 1.807) is 0 Å². The van der Waals surface area contributed by atoms with E-state index in [1.807, 2.05) is 48.5 Å². The smallest absolute Gasteiger partial charge is 0.289 e. The predicted octanol–water partition coefficient (Wildman–Crippen LogP) is 1.70. The van der Waals surface area contributed by atoms with Gasteiger partial charge in [-0.25, -0.2) is 0 Å². The third-order valence-corrected chi connectivity index (χ3v) is 12.4. The molecule has 6 atom stereocenters. The maximum atomic E-state index is 14.4. The van der Waals surface area contributed by atoms with Gasteiger partial charge in [0.1, 0.15) is 12.1 Å². The molecule has 0 aromatic carbocycles. The molecule has 0 bridgehead atoms. The monoisotopic (exact) mass is 694 g/mol. The van der Waals surface area contributed by atoms with Crippen molar-refractivity contribution < 1.29 is 32.4 Å². The van der Waals surface area contributed by atoms with Crippen LogP contribution in [0.15, 0.2) is 12.7 Å². The average molecular weight is 695 g/mol. The minimum atomic E-state index is -3.59. The first-order chi connectivity index (χ1) is 22.0. The molecule has 2 aliphatic heterocycles. The minimum absolute atomic E-state index is 0.00994. The van der Waals surface area contributed by atoms with Gasteiger partial charge in [0, 0.05) is 46.2 Å².